The summed E-state index contributed by atoms with van der Waals surface area (Å²) in [6.45, 7) is 1.96. The first-order chi connectivity index (χ1) is 8.90. The molecular formula is C16H14O2S. The highest BCUT2D eigenvalue weighted by Gasteiger charge is 2.08. The molecule has 0 aliphatic rings. The minimum Gasteiger partial charge on any atom is -0.224 e. The minimum atomic E-state index is -3.20. The van der Waals surface area contributed by atoms with E-state index in [4.69, 9.17) is 6.42 Å². The van der Waals surface area contributed by atoms with Gasteiger partial charge >= 0.3 is 0 Å². The Morgan fingerprint density at radius 1 is 1.05 bits per heavy atom. The number of aryl methyl sites for hydroxylation is 1. The van der Waals surface area contributed by atoms with Crippen molar-refractivity contribution in [3.63, 3.8) is 0 Å². The lowest BCUT2D eigenvalue weighted by molar-refractivity contribution is 0.602. The summed E-state index contributed by atoms with van der Waals surface area (Å²) in [4.78, 5) is 0.314. The molecule has 2 rings (SSSR count). The van der Waals surface area contributed by atoms with Gasteiger partial charge in [0.25, 0.3) is 0 Å². The van der Waals surface area contributed by atoms with E-state index in [2.05, 4.69) is 5.92 Å². The molecule has 2 nitrogen and oxygen atoms in total. The number of rotatable bonds is 2. The van der Waals surface area contributed by atoms with Crippen LogP contribution in [0.2, 0.25) is 0 Å². The van der Waals surface area contributed by atoms with E-state index in [1.807, 2.05) is 31.2 Å². The Kier molecular flexibility index (Phi) is 3.46. The Bertz CT molecular complexity index is 766. The molecule has 0 N–H and O–H groups in total. The van der Waals surface area contributed by atoms with E-state index in [0.717, 1.165) is 22.3 Å². The SMILES string of the molecule is C#Cc1cc(C)cc(-c2cccc(S(C)(=O)=O)c2)c1. The van der Waals surface area contributed by atoms with Crippen LogP contribution in [0.25, 0.3) is 11.1 Å². The highest BCUT2D eigenvalue weighted by molar-refractivity contribution is 7.90. The maximum absolute atomic E-state index is 11.6. The lowest BCUT2D eigenvalue weighted by atomic mass is 10.0. The summed E-state index contributed by atoms with van der Waals surface area (Å²) < 4.78 is 23.1. The van der Waals surface area contributed by atoms with Gasteiger partial charge in [-0.15, -0.1) is 6.42 Å². The van der Waals surface area contributed by atoms with Crippen molar-refractivity contribution >= 4 is 9.84 Å². The molecule has 0 bridgehead atoms. The van der Waals surface area contributed by atoms with E-state index in [1.54, 1.807) is 18.2 Å². The zero-order chi connectivity index (χ0) is 14.0. The Hall–Kier alpha value is -2.05. The molecule has 0 saturated heterocycles. The molecule has 0 unspecified atom stereocenters. The first kappa shape index (κ1) is 13.4. The van der Waals surface area contributed by atoms with E-state index in [-0.39, 0.29) is 0 Å². The topological polar surface area (TPSA) is 34.1 Å². The standard InChI is InChI=1S/C16H14O2S/c1-4-13-8-12(2)9-15(10-13)14-6-5-7-16(11-14)19(3,17)18/h1,5-11H,2-3H3. The molecule has 0 aliphatic heterocycles. The monoisotopic (exact) mass is 270 g/mol. The van der Waals surface area contributed by atoms with Crippen molar-refractivity contribution in [3.05, 3.63) is 53.6 Å². The first-order valence-electron chi connectivity index (χ1n) is 5.79. The molecule has 0 amide bonds. The summed E-state index contributed by atoms with van der Waals surface area (Å²) in [5.74, 6) is 2.60. The third-order valence-electron chi connectivity index (χ3n) is 2.84. The van der Waals surface area contributed by atoms with Gasteiger partial charge in [0.2, 0.25) is 0 Å². The third-order valence-corrected chi connectivity index (χ3v) is 3.95. The molecule has 2 aromatic carbocycles. The number of hydrogen-bond donors (Lipinski definition) is 0. The molecule has 19 heavy (non-hydrogen) atoms. The largest absolute Gasteiger partial charge is 0.224 e. The highest BCUT2D eigenvalue weighted by atomic mass is 32.2. The summed E-state index contributed by atoms with van der Waals surface area (Å²) in [6, 6.07) is 12.7. The normalized spacial score (nSPS) is 11.0. The average molecular weight is 270 g/mol. The van der Waals surface area contributed by atoms with Gasteiger partial charge in [0, 0.05) is 11.8 Å². The minimum absolute atomic E-state index is 0.314. The predicted molar refractivity (Wildman–Crippen MR) is 77.7 cm³/mol. The number of terminal acetylenes is 1. The third kappa shape index (κ3) is 3.04. The molecule has 0 radical (unpaired) electrons. The fourth-order valence-electron chi connectivity index (χ4n) is 1.94. The van der Waals surface area contributed by atoms with Gasteiger partial charge in [0.05, 0.1) is 4.90 Å². The predicted octanol–water partition coefficient (Wildman–Crippen LogP) is 3.05. The van der Waals surface area contributed by atoms with E-state index in [0.29, 0.717) is 4.90 Å². The van der Waals surface area contributed by atoms with Gasteiger partial charge in [-0.25, -0.2) is 8.42 Å². The van der Waals surface area contributed by atoms with Crippen LogP contribution in [0, 0.1) is 19.3 Å². The second-order valence-corrected chi connectivity index (χ2v) is 6.55. The van der Waals surface area contributed by atoms with Crippen molar-refractivity contribution in [2.75, 3.05) is 6.26 Å². The molecule has 0 fully saturated rings. The molecule has 0 spiro atoms. The van der Waals surface area contributed by atoms with Gasteiger partial charge < -0.3 is 0 Å². The van der Waals surface area contributed by atoms with Crippen LogP contribution < -0.4 is 0 Å². The van der Waals surface area contributed by atoms with Crippen molar-refractivity contribution in [3.8, 4) is 23.5 Å². The molecule has 0 aliphatic carbocycles. The molecule has 0 atom stereocenters. The van der Waals surface area contributed by atoms with Crippen molar-refractivity contribution < 1.29 is 8.42 Å². The Balaban J connectivity index is 2.60. The lowest BCUT2D eigenvalue weighted by Gasteiger charge is -2.06. The van der Waals surface area contributed by atoms with Crippen molar-refractivity contribution in [2.24, 2.45) is 0 Å². The molecule has 0 aromatic heterocycles. The van der Waals surface area contributed by atoms with E-state index in [9.17, 15) is 8.42 Å². The second-order valence-electron chi connectivity index (χ2n) is 4.53. The maximum Gasteiger partial charge on any atom is 0.175 e. The zero-order valence-electron chi connectivity index (χ0n) is 10.8. The average Bonchev–Trinajstić information content (AvgIpc) is 2.37. The second kappa shape index (κ2) is 4.91. The van der Waals surface area contributed by atoms with Crippen LogP contribution in [0.15, 0.2) is 47.4 Å². The van der Waals surface area contributed by atoms with Crippen LogP contribution in [0.1, 0.15) is 11.1 Å². The van der Waals surface area contributed by atoms with Crippen molar-refractivity contribution in [1.82, 2.24) is 0 Å². The van der Waals surface area contributed by atoms with Crippen LogP contribution in [0.3, 0.4) is 0 Å². The quantitative estimate of drug-likeness (QED) is 0.786. The Morgan fingerprint density at radius 3 is 2.42 bits per heavy atom. The number of benzene rings is 2. The summed E-state index contributed by atoms with van der Waals surface area (Å²) >= 11 is 0. The number of hydrogen-bond acceptors (Lipinski definition) is 2. The van der Waals surface area contributed by atoms with Crippen LogP contribution >= 0.6 is 0 Å². The molecule has 3 heteroatoms. The lowest BCUT2D eigenvalue weighted by Crippen LogP contribution is -1.96. The molecule has 96 valence electrons. The summed E-state index contributed by atoms with van der Waals surface area (Å²) in [6.07, 6.45) is 6.62. The van der Waals surface area contributed by atoms with Gasteiger partial charge in [-0.1, -0.05) is 24.1 Å². The van der Waals surface area contributed by atoms with Crippen LogP contribution in [-0.2, 0) is 9.84 Å². The van der Waals surface area contributed by atoms with Gasteiger partial charge in [-0.05, 0) is 47.9 Å². The van der Waals surface area contributed by atoms with Crippen molar-refractivity contribution in [2.45, 2.75) is 11.8 Å². The fraction of sp³-hybridized carbons (Fsp3) is 0.125. The van der Waals surface area contributed by atoms with E-state index >= 15 is 0 Å². The smallest absolute Gasteiger partial charge is 0.175 e. The van der Waals surface area contributed by atoms with E-state index < -0.39 is 9.84 Å². The molecule has 2 aromatic rings. The molecular weight excluding hydrogens is 256 g/mol. The van der Waals surface area contributed by atoms with E-state index in [1.165, 1.54) is 6.26 Å². The Labute approximate surface area is 114 Å². The van der Waals surface area contributed by atoms with Gasteiger partial charge in [-0.2, -0.15) is 0 Å². The van der Waals surface area contributed by atoms with Gasteiger partial charge in [0.1, 0.15) is 0 Å². The Morgan fingerprint density at radius 2 is 1.79 bits per heavy atom. The summed E-state index contributed by atoms with van der Waals surface area (Å²) in [7, 11) is -3.20. The molecule has 0 saturated carbocycles. The number of sulfone groups is 1. The summed E-state index contributed by atoms with van der Waals surface area (Å²) in [5, 5.41) is 0. The fourth-order valence-corrected chi connectivity index (χ4v) is 2.61. The summed E-state index contributed by atoms with van der Waals surface area (Å²) in [5.41, 5.74) is 3.62. The van der Waals surface area contributed by atoms with Crippen LogP contribution in [0.5, 0.6) is 0 Å². The molecule has 0 heterocycles. The zero-order valence-corrected chi connectivity index (χ0v) is 11.7. The van der Waals surface area contributed by atoms with Crippen LogP contribution in [0.4, 0.5) is 0 Å². The van der Waals surface area contributed by atoms with Gasteiger partial charge in [-0.3, -0.25) is 0 Å². The van der Waals surface area contributed by atoms with Crippen LogP contribution in [-0.4, -0.2) is 14.7 Å². The highest BCUT2D eigenvalue weighted by Crippen LogP contribution is 2.24. The van der Waals surface area contributed by atoms with Crippen molar-refractivity contribution in [1.29, 1.82) is 0 Å². The first-order valence-corrected chi connectivity index (χ1v) is 7.68. The van der Waals surface area contributed by atoms with Gasteiger partial charge in [0.15, 0.2) is 9.84 Å². The maximum atomic E-state index is 11.6.